The number of thioether (sulfide) groups is 2. The molecule has 0 bridgehead atoms. The molecule has 1 nitrogen and oxygen atoms in total. The first-order valence-corrected chi connectivity index (χ1v) is 9.12. The third-order valence-corrected chi connectivity index (χ3v) is 8.05. The summed E-state index contributed by atoms with van der Waals surface area (Å²) in [5, 5.41) is 0.654. The molecule has 18 heavy (non-hydrogen) atoms. The first-order valence-electron chi connectivity index (χ1n) is 5.42. The summed E-state index contributed by atoms with van der Waals surface area (Å²) in [6, 6.07) is 7.03. The Morgan fingerprint density at radius 1 is 1.50 bits per heavy atom. The Hall–Kier alpha value is 0.350. The zero-order valence-electron chi connectivity index (χ0n) is 9.78. The number of carbonyl (C=O) groups is 1. The van der Waals surface area contributed by atoms with Gasteiger partial charge in [0, 0.05) is 35.8 Å². The fourth-order valence-electron chi connectivity index (χ4n) is 1.47. The molecule has 1 aromatic carbocycles. The lowest BCUT2D eigenvalue weighted by Crippen LogP contribution is -2.20. The van der Waals surface area contributed by atoms with Crippen LogP contribution in [0.2, 0.25) is 5.02 Å². The van der Waals surface area contributed by atoms with Crippen molar-refractivity contribution < 1.29 is 4.79 Å². The number of allylic oxidation sites excluding steroid dienone is 1. The molecule has 0 unspecified atom stereocenters. The van der Waals surface area contributed by atoms with Crippen LogP contribution in [0, 0.1) is 0 Å². The SMILES string of the molecule is C[C@@]1(CI)CS/C(=C/C(=O)c2ccc(Cl)cc2)S1. The second-order valence-corrected chi connectivity index (χ2v) is 8.41. The topological polar surface area (TPSA) is 17.1 Å². The highest BCUT2D eigenvalue weighted by Crippen LogP contribution is 2.49. The Kier molecular flexibility index (Phi) is 5.08. The number of ketones is 1. The van der Waals surface area contributed by atoms with Crippen molar-refractivity contribution in [1.29, 1.82) is 0 Å². The van der Waals surface area contributed by atoms with E-state index in [-0.39, 0.29) is 10.5 Å². The van der Waals surface area contributed by atoms with Crippen molar-refractivity contribution in [3.05, 3.63) is 45.2 Å². The Bertz CT molecular complexity index is 486. The Labute approximate surface area is 134 Å². The maximum atomic E-state index is 12.1. The highest BCUT2D eigenvalue weighted by molar-refractivity contribution is 14.1. The van der Waals surface area contributed by atoms with Gasteiger partial charge in [-0.3, -0.25) is 4.79 Å². The average molecular weight is 411 g/mol. The molecule has 0 radical (unpaired) electrons. The Morgan fingerprint density at radius 3 is 2.72 bits per heavy atom. The highest BCUT2D eigenvalue weighted by Gasteiger charge is 2.32. The summed E-state index contributed by atoms with van der Waals surface area (Å²) in [6.45, 7) is 2.24. The smallest absolute Gasteiger partial charge is 0.187 e. The van der Waals surface area contributed by atoms with Crippen LogP contribution in [0.25, 0.3) is 0 Å². The number of carbonyl (C=O) groups excluding carboxylic acids is 1. The fraction of sp³-hybridized carbons (Fsp3) is 0.308. The number of benzene rings is 1. The van der Waals surface area contributed by atoms with Crippen LogP contribution in [0.3, 0.4) is 0 Å². The van der Waals surface area contributed by atoms with Gasteiger partial charge in [-0.2, -0.15) is 0 Å². The van der Waals surface area contributed by atoms with E-state index in [0.29, 0.717) is 10.6 Å². The Balaban J connectivity index is 2.10. The van der Waals surface area contributed by atoms with Crippen molar-refractivity contribution in [3.63, 3.8) is 0 Å². The molecule has 1 saturated heterocycles. The largest absolute Gasteiger partial charge is 0.289 e. The molecule has 96 valence electrons. The van der Waals surface area contributed by atoms with Crippen LogP contribution in [0.15, 0.2) is 34.6 Å². The van der Waals surface area contributed by atoms with E-state index < -0.39 is 0 Å². The summed E-state index contributed by atoms with van der Waals surface area (Å²) < 4.78 is 2.47. The van der Waals surface area contributed by atoms with E-state index in [1.807, 2.05) is 11.8 Å². The minimum atomic E-state index is 0.0550. The van der Waals surface area contributed by atoms with Crippen LogP contribution < -0.4 is 0 Å². The third kappa shape index (κ3) is 3.68. The third-order valence-electron chi connectivity index (χ3n) is 2.53. The average Bonchev–Trinajstić information content (AvgIpc) is 2.72. The second kappa shape index (κ2) is 6.20. The summed E-state index contributed by atoms with van der Waals surface area (Å²) in [5.74, 6) is 1.12. The zero-order chi connectivity index (χ0) is 13.2. The van der Waals surface area contributed by atoms with Crippen LogP contribution >= 0.6 is 57.7 Å². The van der Waals surface area contributed by atoms with Gasteiger partial charge < -0.3 is 0 Å². The normalized spacial score (nSPS) is 25.6. The molecule has 0 spiro atoms. The molecule has 5 heteroatoms. The van der Waals surface area contributed by atoms with Crippen LogP contribution in [-0.2, 0) is 0 Å². The number of halogens is 2. The van der Waals surface area contributed by atoms with Crippen molar-refractivity contribution >= 4 is 63.5 Å². The number of rotatable bonds is 3. The molecule has 2 rings (SSSR count). The van der Waals surface area contributed by atoms with Crippen LogP contribution in [0.1, 0.15) is 17.3 Å². The van der Waals surface area contributed by atoms with Crippen LogP contribution in [-0.4, -0.2) is 20.7 Å². The number of hydrogen-bond donors (Lipinski definition) is 0. The molecule has 0 aliphatic carbocycles. The molecule has 0 aromatic heterocycles. The molecule has 1 aliphatic rings. The lowest BCUT2D eigenvalue weighted by molar-refractivity contribution is 0.104. The van der Waals surface area contributed by atoms with Gasteiger partial charge in [0.2, 0.25) is 0 Å². The van der Waals surface area contributed by atoms with Gasteiger partial charge in [-0.1, -0.05) is 34.2 Å². The van der Waals surface area contributed by atoms with E-state index >= 15 is 0 Å². The summed E-state index contributed by atoms with van der Waals surface area (Å²) in [4.78, 5) is 12.1. The summed E-state index contributed by atoms with van der Waals surface area (Å²) in [6.07, 6.45) is 1.75. The summed E-state index contributed by atoms with van der Waals surface area (Å²) >= 11 is 11.8. The lowest BCUT2D eigenvalue weighted by Gasteiger charge is -2.16. The Morgan fingerprint density at radius 2 is 2.17 bits per heavy atom. The second-order valence-electron chi connectivity index (χ2n) is 4.31. The van der Waals surface area contributed by atoms with Crippen molar-refractivity contribution in [2.45, 2.75) is 11.7 Å². The molecule has 0 amide bonds. The summed E-state index contributed by atoms with van der Waals surface area (Å²) in [7, 11) is 0. The fourth-order valence-corrected chi connectivity index (χ4v) is 5.57. The van der Waals surface area contributed by atoms with E-state index in [1.165, 1.54) is 0 Å². The van der Waals surface area contributed by atoms with E-state index in [2.05, 4.69) is 29.5 Å². The molecule has 1 aliphatic heterocycles. The van der Waals surface area contributed by atoms with Gasteiger partial charge in [-0.05, 0) is 31.2 Å². The molecule has 0 saturated carbocycles. The maximum Gasteiger partial charge on any atom is 0.187 e. The van der Waals surface area contributed by atoms with Gasteiger partial charge in [0.15, 0.2) is 5.78 Å². The predicted molar refractivity (Wildman–Crippen MR) is 91.2 cm³/mol. The molecular weight excluding hydrogens is 399 g/mol. The summed E-state index contributed by atoms with van der Waals surface area (Å²) in [5.41, 5.74) is 0.691. The van der Waals surface area contributed by atoms with Crippen molar-refractivity contribution in [3.8, 4) is 0 Å². The predicted octanol–water partition coefficient (Wildman–Crippen LogP) is 5.04. The molecular formula is C13H12ClIOS2. The van der Waals surface area contributed by atoms with Crippen molar-refractivity contribution in [2.75, 3.05) is 10.2 Å². The van der Waals surface area contributed by atoms with E-state index in [0.717, 1.165) is 14.4 Å². The standard InChI is InChI=1S/C13H12ClIOS2/c1-13(7-15)8-17-12(18-13)6-11(16)9-2-4-10(14)5-3-9/h2-6H,7-8H2,1H3/b12-6-/t13-/m1/s1. The quantitative estimate of drug-likeness (QED) is 0.301. The van der Waals surface area contributed by atoms with Crippen molar-refractivity contribution in [2.24, 2.45) is 0 Å². The van der Waals surface area contributed by atoms with Gasteiger partial charge in [0.1, 0.15) is 0 Å². The van der Waals surface area contributed by atoms with Gasteiger partial charge in [-0.15, -0.1) is 23.5 Å². The van der Waals surface area contributed by atoms with Crippen LogP contribution in [0.5, 0.6) is 0 Å². The van der Waals surface area contributed by atoms with E-state index in [4.69, 9.17) is 11.6 Å². The first-order chi connectivity index (χ1) is 8.52. The number of hydrogen-bond acceptors (Lipinski definition) is 3. The lowest BCUT2D eigenvalue weighted by atomic mass is 10.1. The molecule has 1 heterocycles. The van der Waals surface area contributed by atoms with Crippen LogP contribution in [0.4, 0.5) is 0 Å². The minimum absolute atomic E-state index is 0.0550. The van der Waals surface area contributed by atoms with Gasteiger partial charge in [0.05, 0.1) is 0 Å². The maximum absolute atomic E-state index is 12.1. The zero-order valence-corrected chi connectivity index (χ0v) is 14.3. The molecule has 1 atom stereocenters. The van der Waals surface area contributed by atoms with E-state index in [1.54, 1.807) is 42.1 Å². The first kappa shape index (κ1) is 14.8. The highest BCUT2D eigenvalue weighted by atomic mass is 127. The molecule has 1 fully saturated rings. The van der Waals surface area contributed by atoms with Gasteiger partial charge in [-0.25, -0.2) is 0 Å². The monoisotopic (exact) mass is 410 g/mol. The van der Waals surface area contributed by atoms with Crippen molar-refractivity contribution in [1.82, 2.24) is 0 Å². The number of alkyl halides is 1. The van der Waals surface area contributed by atoms with Gasteiger partial charge in [0.25, 0.3) is 0 Å². The minimum Gasteiger partial charge on any atom is -0.289 e. The van der Waals surface area contributed by atoms with E-state index in [9.17, 15) is 4.79 Å². The molecule has 1 aromatic rings. The van der Waals surface area contributed by atoms with Gasteiger partial charge >= 0.3 is 0 Å². The molecule has 0 N–H and O–H groups in total.